The Hall–Kier alpha value is -1.60. The fourth-order valence-electron chi connectivity index (χ4n) is 4.52. The molecular formula is C20H28ClN3O3. The van der Waals surface area contributed by atoms with Crippen LogP contribution in [0.1, 0.15) is 19.3 Å². The molecule has 2 aliphatic rings. The number of aliphatic hydroxyl groups is 1. The van der Waals surface area contributed by atoms with E-state index < -0.39 is 0 Å². The first kappa shape index (κ1) is 20.1. The normalized spacial score (nSPS) is 23.9. The van der Waals surface area contributed by atoms with Gasteiger partial charge in [0.2, 0.25) is 5.91 Å². The second-order valence-electron chi connectivity index (χ2n) is 7.52. The second-order valence-corrected chi connectivity index (χ2v) is 7.52. The number of aromatic nitrogens is 1. The summed E-state index contributed by atoms with van der Waals surface area (Å²) in [6, 6.07) is 10.1. The van der Waals surface area contributed by atoms with Gasteiger partial charge in [-0.05, 0) is 30.4 Å². The summed E-state index contributed by atoms with van der Waals surface area (Å²) < 4.78 is 7.83. The van der Waals surface area contributed by atoms with E-state index in [2.05, 4.69) is 6.07 Å². The van der Waals surface area contributed by atoms with Crippen LogP contribution in [0.25, 0.3) is 10.9 Å². The lowest BCUT2D eigenvalue weighted by Gasteiger charge is -2.56. The van der Waals surface area contributed by atoms with Crippen molar-refractivity contribution in [2.45, 2.75) is 38.0 Å². The van der Waals surface area contributed by atoms with E-state index in [1.807, 2.05) is 39.9 Å². The van der Waals surface area contributed by atoms with E-state index >= 15 is 0 Å². The van der Waals surface area contributed by atoms with Gasteiger partial charge in [-0.3, -0.25) is 4.79 Å². The molecule has 27 heavy (non-hydrogen) atoms. The summed E-state index contributed by atoms with van der Waals surface area (Å²) in [5.41, 5.74) is 6.43. The molecule has 0 unspecified atom stereocenters. The van der Waals surface area contributed by atoms with Crippen LogP contribution < -0.4 is 5.73 Å². The number of likely N-dealkylation sites (tertiary alicyclic amines) is 1. The number of hydrogen-bond acceptors (Lipinski definition) is 4. The third-order valence-corrected chi connectivity index (χ3v) is 6.21. The van der Waals surface area contributed by atoms with Crippen LogP contribution in [-0.2, 0) is 16.1 Å². The highest BCUT2D eigenvalue weighted by molar-refractivity contribution is 5.85. The van der Waals surface area contributed by atoms with Crippen molar-refractivity contribution in [3.63, 3.8) is 0 Å². The van der Waals surface area contributed by atoms with Crippen molar-refractivity contribution in [1.82, 2.24) is 9.47 Å². The number of halogens is 1. The molecule has 2 aromatic rings. The zero-order valence-electron chi connectivity index (χ0n) is 15.4. The molecule has 3 N–H and O–H groups in total. The summed E-state index contributed by atoms with van der Waals surface area (Å²) in [6.45, 7) is 2.74. The number of ether oxygens (including phenoxy) is 1. The molecule has 1 spiro atoms. The minimum absolute atomic E-state index is 0. The number of nitrogens with two attached hydrogens (primary N) is 1. The highest BCUT2D eigenvalue weighted by Crippen LogP contribution is 2.50. The molecule has 0 bridgehead atoms. The molecule has 2 heterocycles. The van der Waals surface area contributed by atoms with Crippen molar-refractivity contribution in [2.24, 2.45) is 11.1 Å². The number of rotatable bonds is 5. The monoisotopic (exact) mass is 393 g/mol. The number of nitrogens with zero attached hydrogens (tertiary/aromatic N) is 2. The van der Waals surface area contributed by atoms with Crippen LogP contribution >= 0.6 is 12.4 Å². The molecule has 1 saturated heterocycles. The molecule has 2 fully saturated rings. The second kappa shape index (κ2) is 8.19. The lowest BCUT2D eigenvalue weighted by atomic mass is 9.58. The van der Waals surface area contributed by atoms with Crippen LogP contribution in [0.3, 0.4) is 0 Å². The van der Waals surface area contributed by atoms with Gasteiger partial charge in [-0.2, -0.15) is 0 Å². The van der Waals surface area contributed by atoms with Gasteiger partial charge in [-0.15, -0.1) is 12.4 Å². The van der Waals surface area contributed by atoms with E-state index in [0.717, 1.165) is 23.7 Å². The largest absolute Gasteiger partial charge is 0.392 e. The van der Waals surface area contributed by atoms with E-state index in [1.54, 1.807) is 0 Å². The maximum absolute atomic E-state index is 12.8. The van der Waals surface area contributed by atoms with Crippen molar-refractivity contribution < 1.29 is 14.6 Å². The molecule has 2 atom stereocenters. The summed E-state index contributed by atoms with van der Waals surface area (Å²) in [4.78, 5) is 14.7. The number of fused-ring (bicyclic) bond motifs is 1. The number of carbonyl (C=O) groups excluding carboxylic acids is 1. The topological polar surface area (TPSA) is 80.7 Å². The number of benzene rings is 1. The molecule has 0 radical (unpaired) electrons. The standard InChI is InChI=1S/C20H27N3O3.ClH/c21-8-12-26-18-13-17(24)20(18)6-10-22(11-7-20)19(25)14-23-9-5-15-3-1-2-4-16(15)23;/h1-5,9,17-18,24H,6-8,10-14,21H2;1H/t17-,18+;/m1./s1. The number of hydrogen-bond donors (Lipinski definition) is 2. The molecule has 4 rings (SSSR count). The Morgan fingerprint density at radius 1 is 1.26 bits per heavy atom. The Balaban J connectivity index is 0.00000210. The fraction of sp³-hybridized carbons (Fsp3) is 0.550. The zero-order chi connectivity index (χ0) is 18.1. The molecule has 7 heteroatoms. The van der Waals surface area contributed by atoms with E-state index in [9.17, 15) is 9.90 Å². The van der Waals surface area contributed by atoms with Crippen molar-refractivity contribution in [1.29, 1.82) is 0 Å². The number of para-hydroxylation sites is 1. The highest BCUT2D eigenvalue weighted by Gasteiger charge is 2.56. The predicted molar refractivity (Wildman–Crippen MR) is 107 cm³/mol. The van der Waals surface area contributed by atoms with Crippen LogP contribution in [0.2, 0.25) is 0 Å². The van der Waals surface area contributed by atoms with Gasteiger partial charge in [0.25, 0.3) is 0 Å². The highest BCUT2D eigenvalue weighted by atomic mass is 35.5. The number of carbonyl (C=O) groups is 1. The van der Waals surface area contributed by atoms with Gasteiger partial charge in [0.1, 0.15) is 6.54 Å². The first-order valence-corrected chi connectivity index (χ1v) is 9.45. The first-order chi connectivity index (χ1) is 12.6. The van der Waals surface area contributed by atoms with Gasteiger partial charge in [0, 0.05) is 43.2 Å². The molecule has 1 saturated carbocycles. The summed E-state index contributed by atoms with van der Waals surface area (Å²) in [7, 11) is 0. The average Bonchev–Trinajstić information content (AvgIpc) is 3.08. The van der Waals surface area contributed by atoms with Crippen molar-refractivity contribution in [3.05, 3.63) is 36.5 Å². The van der Waals surface area contributed by atoms with Crippen LogP contribution in [-0.4, -0.2) is 58.9 Å². The molecule has 1 amide bonds. The van der Waals surface area contributed by atoms with E-state index in [4.69, 9.17) is 10.5 Å². The number of aliphatic hydroxyl groups excluding tert-OH is 1. The SMILES string of the molecule is Cl.NCCO[C@H]1C[C@@H](O)C12CCN(C(=O)Cn1ccc3ccccc31)CC2. The van der Waals surface area contributed by atoms with Crippen molar-refractivity contribution in [2.75, 3.05) is 26.2 Å². The minimum Gasteiger partial charge on any atom is -0.392 e. The van der Waals surface area contributed by atoms with Gasteiger partial charge >= 0.3 is 0 Å². The molecular weight excluding hydrogens is 366 g/mol. The molecule has 1 aromatic carbocycles. The lowest BCUT2D eigenvalue weighted by molar-refractivity contribution is -0.210. The van der Waals surface area contributed by atoms with Crippen LogP contribution in [0.15, 0.2) is 36.5 Å². The van der Waals surface area contributed by atoms with E-state index in [-0.39, 0.29) is 35.9 Å². The summed E-state index contributed by atoms with van der Waals surface area (Å²) in [5, 5.41) is 11.5. The Morgan fingerprint density at radius 3 is 2.70 bits per heavy atom. The lowest BCUT2D eigenvalue weighted by Crippen LogP contribution is -2.63. The Bertz CT molecular complexity index is 786. The van der Waals surface area contributed by atoms with Gasteiger partial charge < -0.3 is 25.0 Å². The molecule has 1 aromatic heterocycles. The summed E-state index contributed by atoms with van der Waals surface area (Å²) in [5.74, 6) is 0.134. The fourth-order valence-corrected chi connectivity index (χ4v) is 4.52. The maximum Gasteiger partial charge on any atom is 0.242 e. The van der Waals surface area contributed by atoms with Gasteiger partial charge in [0.05, 0.1) is 18.8 Å². The minimum atomic E-state index is -0.323. The van der Waals surface area contributed by atoms with Crippen molar-refractivity contribution >= 4 is 29.2 Å². The van der Waals surface area contributed by atoms with E-state index in [1.165, 1.54) is 0 Å². The molecule has 1 aliphatic heterocycles. The molecule has 1 aliphatic carbocycles. The van der Waals surface area contributed by atoms with Crippen molar-refractivity contribution in [3.8, 4) is 0 Å². The van der Waals surface area contributed by atoms with Crippen LogP contribution in [0, 0.1) is 5.41 Å². The summed E-state index contributed by atoms with van der Waals surface area (Å²) >= 11 is 0. The molecule has 6 nitrogen and oxygen atoms in total. The summed E-state index contributed by atoms with van der Waals surface area (Å²) in [6.07, 6.45) is 4.00. The average molecular weight is 394 g/mol. The van der Waals surface area contributed by atoms with Gasteiger partial charge in [-0.25, -0.2) is 0 Å². The van der Waals surface area contributed by atoms with E-state index in [0.29, 0.717) is 39.2 Å². The molecule has 148 valence electrons. The number of amides is 1. The first-order valence-electron chi connectivity index (χ1n) is 9.45. The Morgan fingerprint density at radius 2 is 2.00 bits per heavy atom. The number of piperidine rings is 1. The quantitative estimate of drug-likeness (QED) is 0.811. The third-order valence-electron chi connectivity index (χ3n) is 6.21. The van der Waals surface area contributed by atoms with Crippen LogP contribution in [0.5, 0.6) is 0 Å². The van der Waals surface area contributed by atoms with Gasteiger partial charge in [-0.1, -0.05) is 18.2 Å². The Labute approximate surface area is 165 Å². The van der Waals surface area contributed by atoms with Gasteiger partial charge in [0.15, 0.2) is 0 Å². The van der Waals surface area contributed by atoms with Crippen LogP contribution in [0.4, 0.5) is 0 Å². The smallest absolute Gasteiger partial charge is 0.242 e. The zero-order valence-corrected chi connectivity index (χ0v) is 16.2. The third kappa shape index (κ3) is 3.59. The Kier molecular flexibility index (Phi) is 6.11. The predicted octanol–water partition coefficient (Wildman–Crippen LogP) is 1.78. The maximum atomic E-state index is 12.8.